The van der Waals surface area contributed by atoms with Gasteiger partial charge in [0, 0.05) is 79.2 Å². The van der Waals surface area contributed by atoms with Crippen molar-refractivity contribution in [1.82, 2.24) is 14.5 Å². The van der Waals surface area contributed by atoms with E-state index in [4.69, 9.17) is 14.7 Å². The van der Waals surface area contributed by atoms with Crippen molar-refractivity contribution in [3.05, 3.63) is 192 Å². The number of aromatic nitrogens is 3. The van der Waals surface area contributed by atoms with Gasteiger partial charge in [-0.2, -0.15) is 12.1 Å². The molecule has 6 aromatic carbocycles. The van der Waals surface area contributed by atoms with Crippen molar-refractivity contribution in [1.29, 1.82) is 0 Å². The Kier molecular flexibility index (Phi) is 14.4. The molecule has 0 unspecified atom stereocenters. The van der Waals surface area contributed by atoms with E-state index in [9.17, 15) is 0 Å². The number of benzene rings is 6. The van der Waals surface area contributed by atoms with Gasteiger partial charge in [0.1, 0.15) is 5.82 Å². The maximum Gasteiger partial charge on any atom is 0.135 e. The summed E-state index contributed by atoms with van der Waals surface area (Å²) < 4.78 is 9.01. The van der Waals surface area contributed by atoms with Crippen LogP contribution in [0.25, 0.3) is 49.9 Å². The first-order valence-electron chi connectivity index (χ1n) is 27.5. The van der Waals surface area contributed by atoms with Gasteiger partial charge < -0.3 is 19.1 Å². The fraction of sp³-hybridized carbons (Fsp3) is 0.338. The molecule has 0 saturated heterocycles. The summed E-state index contributed by atoms with van der Waals surface area (Å²) in [6, 6.07) is 52.0. The van der Waals surface area contributed by atoms with Crippen molar-refractivity contribution >= 4 is 44.6 Å². The van der Waals surface area contributed by atoms with Crippen LogP contribution in [-0.4, -0.2) is 14.5 Å². The van der Waals surface area contributed by atoms with E-state index in [2.05, 4.69) is 261 Å². The Labute approximate surface area is 480 Å². The fourth-order valence-electron chi connectivity index (χ4n) is 10.8. The second-order valence-corrected chi connectivity index (χ2v) is 27.5. The van der Waals surface area contributed by atoms with Crippen molar-refractivity contribution in [2.75, 3.05) is 9.80 Å². The van der Waals surface area contributed by atoms with Gasteiger partial charge in [-0.1, -0.05) is 185 Å². The molecule has 3 aromatic heterocycles. The summed E-state index contributed by atoms with van der Waals surface area (Å²) in [5, 5.41) is 2.22. The van der Waals surface area contributed by atoms with Gasteiger partial charge >= 0.3 is 0 Å². The molecule has 1 aliphatic heterocycles. The molecule has 78 heavy (non-hydrogen) atoms. The Hall–Kier alpha value is -6.49. The monoisotopic (exact) mass is 1210 g/mol. The van der Waals surface area contributed by atoms with Gasteiger partial charge in [0.25, 0.3) is 0 Å². The van der Waals surface area contributed by atoms with Crippen LogP contribution in [-0.2, 0) is 53.6 Å². The van der Waals surface area contributed by atoms with E-state index in [-0.39, 0.29) is 53.6 Å². The second kappa shape index (κ2) is 20.0. The smallest absolute Gasteiger partial charge is 0.135 e. The Balaban J connectivity index is 0.00000740. The van der Waals surface area contributed by atoms with E-state index in [0.717, 1.165) is 50.4 Å². The SMILES string of the molecule is CC(C)(C)c1ccnc(-n2c3[c-]c(Oc4[c-]c(N5[CH-]N(c6c(-c7cc(C(C)(C)C)ccc7C(C)(C)C)cc(C(C)(C)C)cc6-c6cc(C(C)(C)C)ccc6C(C)(C)C)c6ccncc65)ccc4)ccc3c3ccccc32)c1.[Pt]. The molecule has 0 N–H and O–H groups in total. The normalized spacial score (nSPS) is 13.6. The minimum Gasteiger partial charge on any atom is -0.509 e. The van der Waals surface area contributed by atoms with Gasteiger partial charge in [0.2, 0.25) is 0 Å². The number of hydrogen-bond donors (Lipinski definition) is 0. The van der Waals surface area contributed by atoms with Gasteiger partial charge in [-0.15, -0.1) is 48.1 Å². The second-order valence-electron chi connectivity index (χ2n) is 27.5. The zero-order chi connectivity index (χ0) is 55.4. The summed E-state index contributed by atoms with van der Waals surface area (Å²) in [4.78, 5) is 14.3. The van der Waals surface area contributed by atoms with Gasteiger partial charge in [0.15, 0.2) is 0 Å². The quantitative estimate of drug-likeness (QED) is 0.149. The zero-order valence-electron chi connectivity index (χ0n) is 49.3. The third-order valence-electron chi connectivity index (χ3n) is 15.3. The molecule has 4 heterocycles. The number of ether oxygens (including phenoxy) is 1. The molecule has 0 saturated carbocycles. The van der Waals surface area contributed by atoms with Gasteiger partial charge in [-0.3, -0.25) is 4.98 Å². The third kappa shape index (κ3) is 10.7. The molecule has 406 valence electrons. The van der Waals surface area contributed by atoms with Gasteiger partial charge in [-0.25, -0.2) is 4.98 Å². The molecule has 0 fully saturated rings. The molecule has 9 aromatic rings. The van der Waals surface area contributed by atoms with Crippen LogP contribution >= 0.6 is 0 Å². The third-order valence-corrected chi connectivity index (χ3v) is 15.3. The molecular weight excluding hydrogens is 1130 g/mol. The average Bonchev–Trinajstić information content (AvgIpc) is 3.92. The maximum atomic E-state index is 6.80. The van der Waals surface area contributed by atoms with E-state index in [1.807, 2.05) is 36.8 Å². The van der Waals surface area contributed by atoms with Crippen LogP contribution in [0, 0.1) is 18.8 Å². The number of rotatable bonds is 7. The van der Waals surface area contributed by atoms with Crippen LogP contribution in [0.4, 0.5) is 22.7 Å². The van der Waals surface area contributed by atoms with Crippen molar-refractivity contribution in [3.8, 4) is 39.6 Å². The average molecular weight is 1210 g/mol. The summed E-state index contributed by atoms with van der Waals surface area (Å²) in [5.41, 5.74) is 17.7. The molecule has 0 radical (unpaired) electrons. The minimum absolute atomic E-state index is 0. The first-order chi connectivity index (χ1) is 36.0. The van der Waals surface area contributed by atoms with E-state index in [1.165, 1.54) is 55.6 Å². The summed E-state index contributed by atoms with van der Waals surface area (Å²) in [5.74, 6) is 2.01. The number of hydrogen-bond acceptors (Lipinski definition) is 5. The van der Waals surface area contributed by atoms with Gasteiger partial charge in [-0.05, 0) is 119 Å². The molecule has 0 aliphatic carbocycles. The molecule has 0 spiro atoms. The first kappa shape index (κ1) is 56.2. The Bertz CT molecular complexity index is 3630. The summed E-state index contributed by atoms with van der Waals surface area (Å²) >= 11 is 0. The molecule has 10 rings (SSSR count). The fourth-order valence-corrected chi connectivity index (χ4v) is 10.8. The standard InChI is InChI=1S/C71H78N5O.Pt/c1-66(2,3)45-26-30-58(70(13,14)15)54(36-45)56-38-48(69(10,11)12)39-57(55-37-46(67(4,5)6)27-31-59(55)71(16,17)18)65(56)75-44-74(63-43-72-34-33-61(63)75)49-22-21-23-50(41-49)77-51-28-29-53-52-24-19-20-25-60(52)76(62(53)42-51)64-40-47(32-35-73-64)68(7,8)9;/h19-40,43-44H,1-18H3;/q-3;. The van der Waals surface area contributed by atoms with E-state index in [1.54, 1.807) is 0 Å². The molecular formula is C71H78N5OPt-3. The minimum atomic E-state index is -0.167. The molecule has 6 nitrogen and oxygen atoms in total. The van der Waals surface area contributed by atoms with Crippen LogP contribution in [0.1, 0.15) is 158 Å². The van der Waals surface area contributed by atoms with Crippen LogP contribution < -0.4 is 14.5 Å². The van der Waals surface area contributed by atoms with Crippen molar-refractivity contribution in [2.45, 2.75) is 157 Å². The predicted octanol–water partition coefficient (Wildman–Crippen LogP) is 19.5. The van der Waals surface area contributed by atoms with E-state index < -0.39 is 0 Å². The predicted molar refractivity (Wildman–Crippen MR) is 325 cm³/mol. The largest absolute Gasteiger partial charge is 0.509 e. The zero-order valence-corrected chi connectivity index (χ0v) is 51.6. The van der Waals surface area contributed by atoms with Crippen LogP contribution in [0.2, 0.25) is 0 Å². The Morgan fingerprint density at radius 1 is 0.449 bits per heavy atom. The van der Waals surface area contributed by atoms with Crippen LogP contribution in [0.5, 0.6) is 11.5 Å². The topological polar surface area (TPSA) is 46.4 Å². The molecule has 1 aliphatic rings. The maximum absolute atomic E-state index is 6.80. The summed E-state index contributed by atoms with van der Waals surface area (Å²) in [7, 11) is 0. The van der Waals surface area contributed by atoms with E-state index >= 15 is 0 Å². The van der Waals surface area contributed by atoms with Crippen LogP contribution in [0.3, 0.4) is 0 Å². The Morgan fingerprint density at radius 2 is 1.00 bits per heavy atom. The number of para-hydroxylation sites is 1. The van der Waals surface area contributed by atoms with Gasteiger partial charge in [0.05, 0.1) is 5.69 Å². The molecule has 0 amide bonds. The van der Waals surface area contributed by atoms with Crippen molar-refractivity contribution in [2.24, 2.45) is 0 Å². The number of anilines is 4. The molecule has 7 heteroatoms. The van der Waals surface area contributed by atoms with Crippen molar-refractivity contribution in [3.63, 3.8) is 0 Å². The number of nitrogens with zero attached hydrogens (tertiary/aromatic N) is 5. The van der Waals surface area contributed by atoms with Crippen LogP contribution in [0.15, 0.2) is 140 Å². The Morgan fingerprint density at radius 3 is 1.58 bits per heavy atom. The number of fused-ring (bicyclic) bond motifs is 4. The van der Waals surface area contributed by atoms with E-state index in [0.29, 0.717) is 11.5 Å². The summed E-state index contributed by atoms with van der Waals surface area (Å²) in [6.45, 7) is 43.9. The molecule has 0 atom stereocenters. The number of pyridine rings is 2. The van der Waals surface area contributed by atoms with Crippen molar-refractivity contribution < 1.29 is 25.8 Å². The molecule has 0 bridgehead atoms. The first-order valence-corrected chi connectivity index (χ1v) is 27.5. The summed E-state index contributed by atoms with van der Waals surface area (Å²) in [6.07, 6.45) is 5.79.